The smallest absolute Gasteiger partial charge is 0.410 e. The molecule has 0 aromatic rings. The zero-order valence-corrected chi connectivity index (χ0v) is 16.5. The molecule has 0 atom stereocenters. The largest absolute Gasteiger partial charge is 0.444 e. The van der Waals surface area contributed by atoms with Crippen molar-refractivity contribution in [3.63, 3.8) is 0 Å². The third-order valence-electron chi connectivity index (χ3n) is 4.12. The average molecular weight is 357 g/mol. The number of likely N-dealkylation sites (tertiary alicyclic amines) is 1. The van der Waals surface area contributed by atoms with Crippen molar-refractivity contribution < 1.29 is 14.6 Å². The molecule has 1 aliphatic heterocycles. The number of amides is 1. The van der Waals surface area contributed by atoms with Crippen LogP contribution in [-0.2, 0) is 4.74 Å². The predicted molar refractivity (Wildman–Crippen MR) is 101 cm³/mol. The van der Waals surface area contributed by atoms with E-state index in [4.69, 9.17) is 9.84 Å². The van der Waals surface area contributed by atoms with E-state index in [0.717, 1.165) is 45.0 Å². The third kappa shape index (κ3) is 7.94. The van der Waals surface area contributed by atoms with Gasteiger partial charge in [0.05, 0.1) is 13.2 Å². The number of aliphatic imine (C=N–C) groups is 1. The Hall–Kier alpha value is -1.50. The van der Waals surface area contributed by atoms with Crippen molar-refractivity contribution in [1.29, 1.82) is 0 Å². The fourth-order valence-electron chi connectivity index (χ4n) is 2.88. The molecule has 0 aliphatic carbocycles. The van der Waals surface area contributed by atoms with Crippen LogP contribution in [0.1, 0.15) is 47.5 Å². The summed E-state index contributed by atoms with van der Waals surface area (Å²) in [6.45, 7) is 14.2. The molecular formula is C18H36N4O3. The van der Waals surface area contributed by atoms with Gasteiger partial charge in [0.15, 0.2) is 5.96 Å². The maximum absolute atomic E-state index is 12.3. The summed E-state index contributed by atoms with van der Waals surface area (Å²) in [5.41, 5.74) is -0.461. The first kappa shape index (κ1) is 21.5. The van der Waals surface area contributed by atoms with Crippen molar-refractivity contribution in [3.05, 3.63) is 0 Å². The van der Waals surface area contributed by atoms with Crippen LogP contribution in [0.3, 0.4) is 0 Å². The van der Waals surface area contributed by atoms with E-state index in [2.05, 4.69) is 15.2 Å². The highest BCUT2D eigenvalue weighted by molar-refractivity contribution is 5.80. The van der Waals surface area contributed by atoms with Crippen molar-refractivity contribution in [2.24, 2.45) is 10.9 Å². The molecule has 1 saturated heterocycles. The Balaban J connectivity index is 2.53. The second kappa shape index (κ2) is 10.5. The van der Waals surface area contributed by atoms with Gasteiger partial charge in [-0.05, 0) is 53.4 Å². The summed E-state index contributed by atoms with van der Waals surface area (Å²) in [6, 6.07) is 0. The fourth-order valence-corrected chi connectivity index (χ4v) is 2.88. The number of rotatable bonds is 6. The van der Waals surface area contributed by atoms with E-state index in [1.54, 1.807) is 4.90 Å². The Morgan fingerprint density at radius 1 is 1.32 bits per heavy atom. The van der Waals surface area contributed by atoms with Crippen molar-refractivity contribution in [3.8, 4) is 0 Å². The van der Waals surface area contributed by atoms with Crippen LogP contribution in [0.4, 0.5) is 4.79 Å². The Bertz CT molecular complexity index is 427. The summed E-state index contributed by atoms with van der Waals surface area (Å²) in [7, 11) is 0. The summed E-state index contributed by atoms with van der Waals surface area (Å²) < 4.78 is 5.49. The molecule has 1 aliphatic rings. The second-order valence-corrected chi connectivity index (χ2v) is 7.41. The number of aliphatic hydroxyl groups is 1. The molecule has 0 aromatic heterocycles. The van der Waals surface area contributed by atoms with Gasteiger partial charge in [-0.2, -0.15) is 0 Å². The molecule has 1 heterocycles. The van der Waals surface area contributed by atoms with Gasteiger partial charge in [-0.25, -0.2) is 4.79 Å². The maximum Gasteiger partial charge on any atom is 0.410 e. The minimum absolute atomic E-state index is 0.0622. The lowest BCUT2D eigenvalue weighted by Gasteiger charge is -2.36. The minimum atomic E-state index is -0.461. The number of carbonyl (C=O) groups is 1. The molecule has 25 heavy (non-hydrogen) atoms. The molecule has 0 saturated carbocycles. The summed E-state index contributed by atoms with van der Waals surface area (Å²) in [5, 5.41) is 12.3. The summed E-state index contributed by atoms with van der Waals surface area (Å²) in [4.78, 5) is 20.7. The molecule has 7 nitrogen and oxygen atoms in total. The predicted octanol–water partition coefficient (Wildman–Crippen LogP) is 1.91. The van der Waals surface area contributed by atoms with E-state index in [1.165, 1.54) is 0 Å². The molecular weight excluding hydrogens is 320 g/mol. The van der Waals surface area contributed by atoms with Crippen molar-refractivity contribution in [1.82, 2.24) is 15.1 Å². The van der Waals surface area contributed by atoms with E-state index in [-0.39, 0.29) is 12.7 Å². The van der Waals surface area contributed by atoms with Gasteiger partial charge in [-0.15, -0.1) is 0 Å². The van der Waals surface area contributed by atoms with Gasteiger partial charge in [0.2, 0.25) is 0 Å². The van der Waals surface area contributed by atoms with Crippen LogP contribution in [-0.4, -0.2) is 78.4 Å². The van der Waals surface area contributed by atoms with Gasteiger partial charge < -0.3 is 25.0 Å². The zero-order valence-electron chi connectivity index (χ0n) is 16.5. The number of ether oxygens (including phenoxy) is 1. The number of hydrogen-bond donors (Lipinski definition) is 2. The molecule has 0 radical (unpaired) electrons. The van der Waals surface area contributed by atoms with Gasteiger partial charge in [0.1, 0.15) is 5.60 Å². The van der Waals surface area contributed by atoms with E-state index < -0.39 is 5.60 Å². The van der Waals surface area contributed by atoms with Gasteiger partial charge in [-0.3, -0.25) is 4.99 Å². The van der Waals surface area contributed by atoms with Crippen molar-refractivity contribution in [2.75, 3.05) is 45.9 Å². The number of hydrogen-bond acceptors (Lipinski definition) is 4. The summed E-state index contributed by atoms with van der Waals surface area (Å²) >= 11 is 0. The number of nitrogens with one attached hydrogen (secondary N) is 1. The topological polar surface area (TPSA) is 77.4 Å². The average Bonchev–Trinajstić information content (AvgIpc) is 2.55. The highest BCUT2D eigenvalue weighted by atomic mass is 16.6. The van der Waals surface area contributed by atoms with Crippen LogP contribution in [0.5, 0.6) is 0 Å². The Morgan fingerprint density at radius 2 is 1.96 bits per heavy atom. The van der Waals surface area contributed by atoms with E-state index >= 15 is 0 Å². The number of aliphatic hydroxyl groups excluding tert-OH is 1. The van der Waals surface area contributed by atoms with Crippen LogP contribution in [0.25, 0.3) is 0 Å². The monoisotopic (exact) mass is 356 g/mol. The first-order valence-corrected chi connectivity index (χ1v) is 9.42. The number of guanidine groups is 1. The van der Waals surface area contributed by atoms with Gasteiger partial charge in [0.25, 0.3) is 0 Å². The quantitative estimate of drug-likeness (QED) is 0.561. The van der Waals surface area contributed by atoms with Crippen LogP contribution in [0.2, 0.25) is 0 Å². The molecule has 0 bridgehead atoms. The molecule has 1 rings (SSSR count). The standard InChI is InChI=1S/C18H36N4O3/c1-6-19-16(20-10-13-23)22-11-8-15(9-12-22)14-21(7-2)17(24)25-18(3,4)5/h15,23H,6-14H2,1-5H3,(H,19,20). The maximum atomic E-state index is 12.3. The Kier molecular flexibility index (Phi) is 9.03. The molecule has 1 amide bonds. The van der Waals surface area contributed by atoms with Crippen LogP contribution < -0.4 is 5.32 Å². The lowest BCUT2D eigenvalue weighted by Crippen LogP contribution is -2.48. The molecule has 146 valence electrons. The van der Waals surface area contributed by atoms with Gasteiger partial charge in [-0.1, -0.05) is 0 Å². The molecule has 2 N–H and O–H groups in total. The number of carbonyl (C=O) groups excluding carboxylic acids is 1. The first-order valence-electron chi connectivity index (χ1n) is 9.42. The number of piperidine rings is 1. The lowest BCUT2D eigenvalue weighted by molar-refractivity contribution is 0.0214. The van der Waals surface area contributed by atoms with Crippen LogP contribution in [0, 0.1) is 5.92 Å². The van der Waals surface area contributed by atoms with Crippen molar-refractivity contribution >= 4 is 12.1 Å². The molecule has 7 heteroatoms. The van der Waals surface area contributed by atoms with Gasteiger partial charge >= 0.3 is 6.09 Å². The molecule has 0 aromatic carbocycles. The van der Waals surface area contributed by atoms with Crippen LogP contribution >= 0.6 is 0 Å². The zero-order chi connectivity index (χ0) is 18.9. The fraction of sp³-hybridized carbons (Fsp3) is 0.889. The third-order valence-corrected chi connectivity index (χ3v) is 4.12. The van der Waals surface area contributed by atoms with E-state index in [0.29, 0.717) is 19.0 Å². The Labute approximate surface area is 152 Å². The molecule has 0 unspecified atom stereocenters. The second-order valence-electron chi connectivity index (χ2n) is 7.41. The molecule has 0 spiro atoms. The highest BCUT2D eigenvalue weighted by Gasteiger charge is 2.27. The lowest BCUT2D eigenvalue weighted by atomic mass is 9.96. The highest BCUT2D eigenvalue weighted by Crippen LogP contribution is 2.20. The summed E-state index contributed by atoms with van der Waals surface area (Å²) in [5.74, 6) is 1.35. The molecule has 1 fully saturated rings. The van der Waals surface area contributed by atoms with Crippen LogP contribution in [0.15, 0.2) is 4.99 Å². The SMILES string of the molecule is CCNC(=NCCO)N1CCC(CN(CC)C(=O)OC(C)(C)C)CC1. The summed E-state index contributed by atoms with van der Waals surface area (Å²) in [6.07, 6.45) is 1.81. The normalized spacial score (nSPS) is 16.7. The minimum Gasteiger partial charge on any atom is -0.444 e. The number of nitrogens with zero attached hydrogens (tertiary/aromatic N) is 3. The Morgan fingerprint density at radius 3 is 2.44 bits per heavy atom. The van der Waals surface area contributed by atoms with Gasteiger partial charge in [0, 0.05) is 32.7 Å². The van der Waals surface area contributed by atoms with E-state index in [1.807, 2.05) is 34.6 Å². The van der Waals surface area contributed by atoms with E-state index in [9.17, 15) is 4.79 Å². The van der Waals surface area contributed by atoms with Crippen molar-refractivity contribution in [2.45, 2.75) is 53.1 Å². The first-order chi connectivity index (χ1) is 11.8.